The van der Waals surface area contributed by atoms with Crippen LogP contribution in [0.2, 0.25) is 0 Å². The van der Waals surface area contributed by atoms with Crippen molar-refractivity contribution in [3.05, 3.63) is 53.1 Å². The van der Waals surface area contributed by atoms with Crippen LogP contribution in [0, 0.1) is 18.7 Å². The zero-order valence-corrected chi connectivity index (χ0v) is 12.3. The first-order valence-corrected chi connectivity index (χ1v) is 7.30. The molecule has 1 aliphatic rings. The predicted octanol–water partition coefficient (Wildman–Crippen LogP) is 2.36. The molecule has 22 heavy (non-hydrogen) atoms. The molecule has 1 saturated heterocycles. The van der Waals surface area contributed by atoms with E-state index in [1.165, 1.54) is 6.07 Å². The highest BCUT2D eigenvalue weighted by molar-refractivity contribution is 5.95. The number of aromatic amines is 1. The van der Waals surface area contributed by atoms with Crippen molar-refractivity contribution >= 4 is 5.91 Å². The van der Waals surface area contributed by atoms with Crippen molar-refractivity contribution in [2.24, 2.45) is 5.92 Å². The summed E-state index contributed by atoms with van der Waals surface area (Å²) in [6.45, 7) is 2.76. The van der Waals surface area contributed by atoms with Crippen molar-refractivity contribution in [1.29, 1.82) is 0 Å². The maximum absolute atomic E-state index is 13.5. The van der Waals surface area contributed by atoms with Gasteiger partial charge in [-0.05, 0) is 31.0 Å². The lowest BCUT2D eigenvalue weighted by molar-refractivity contribution is 0.0846. The Labute approximate surface area is 127 Å². The topological polar surface area (TPSA) is 67.0 Å². The molecule has 2 atom stereocenters. The number of carbonyl (C=O) groups is 1. The van der Waals surface area contributed by atoms with Gasteiger partial charge < -0.3 is 10.1 Å². The van der Waals surface area contributed by atoms with E-state index >= 15 is 0 Å². The number of amides is 1. The molecule has 2 aromatic rings. The van der Waals surface area contributed by atoms with Crippen molar-refractivity contribution in [2.75, 3.05) is 13.2 Å². The Morgan fingerprint density at radius 1 is 1.55 bits per heavy atom. The summed E-state index contributed by atoms with van der Waals surface area (Å²) in [5, 5.41) is 9.59. The minimum atomic E-state index is -0.367. The van der Waals surface area contributed by atoms with E-state index in [4.69, 9.17) is 4.74 Å². The Kier molecular flexibility index (Phi) is 4.20. The molecule has 1 aliphatic heterocycles. The summed E-state index contributed by atoms with van der Waals surface area (Å²) in [7, 11) is 0. The average molecular weight is 303 g/mol. The quantitative estimate of drug-likeness (QED) is 0.911. The SMILES string of the molecule is Cc1c(F)cccc1C(=O)NC[C@H]1CCO[C@@H]1c1cn[nH]c1. The molecule has 0 unspecified atom stereocenters. The molecule has 1 aromatic carbocycles. The van der Waals surface area contributed by atoms with Gasteiger partial charge in [0.05, 0.1) is 12.3 Å². The van der Waals surface area contributed by atoms with Crippen LogP contribution in [0.1, 0.15) is 34.0 Å². The highest BCUT2D eigenvalue weighted by atomic mass is 19.1. The Hall–Kier alpha value is -2.21. The smallest absolute Gasteiger partial charge is 0.251 e. The van der Waals surface area contributed by atoms with Gasteiger partial charge in [-0.25, -0.2) is 4.39 Å². The number of rotatable bonds is 4. The van der Waals surface area contributed by atoms with E-state index in [1.54, 1.807) is 25.3 Å². The summed E-state index contributed by atoms with van der Waals surface area (Å²) in [6, 6.07) is 4.53. The fourth-order valence-corrected chi connectivity index (χ4v) is 2.80. The number of benzene rings is 1. The minimum absolute atomic E-state index is 0.0624. The van der Waals surface area contributed by atoms with Crippen molar-refractivity contribution in [2.45, 2.75) is 19.4 Å². The van der Waals surface area contributed by atoms with Gasteiger partial charge in [0.2, 0.25) is 0 Å². The molecule has 5 nitrogen and oxygen atoms in total. The second kappa shape index (κ2) is 6.27. The number of hydrogen-bond donors (Lipinski definition) is 2. The van der Waals surface area contributed by atoms with E-state index in [1.807, 2.05) is 6.20 Å². The monoisotopic (exact) mass is 303 g/mol. The lowest BCUT2D eigenvalue weighted by Gasteiger charge is -2.18. The van der Waals surface area contributed by atoms with Crippen LogP contribution in [-0.4, -0.2) is 29.3 Å². The third kappa shape index (κ3) is 2.87. The van der Waals surface area contributed by atoms with Gasteiger partial charge in [0, 0.05) is 36.4 Å². The number of ether oxygens (including phenoxy) is 1. The molecule has 2 heterocycles. The number of carbonyl (C=O) groups excluding carboxylic acids is 1. The molecule has 3 rings (SSSR count). The van der Waals surface area contributed by atoms with E-state index < -0.39 is 0 Å². The van der Waals surface area contributed by atoms with Crippen molar-refractivity contribution in [3.8, 4) is 0 Å². The van der Waals surface area contributed by atoms with Gasteiger partial charge in [-0.3, -0.25) is 9.89 Å². The molecule has 6 heteroatoms. The van der Waals surface area contributed by atoms with Crippen LogP contribution >= 0.6 is 0 Å². The fourth-order valence-electron chi connectivity index (χ4n) is 2.80. The van der Waals surface area contributed by atoms with Crippen molar-refractivity contribution in [3.63, 3.8) is 0 Å². The Balaban J connectivity index is 1.64. The Morgan fingerprint density at radius 2 is 2.41 bits per heavy atom. The summed E-state index contributed by atoms with van der Waals surface area (Å²) in [5.41, 5.74) is 1.73. The van der Waals surface area contributed by atoms with Gasteiger partial charge in [0.1, 0.15) is 5.82 Å². The Bertz CT molecular complexity index is 657. The molecule has 0 radical (unpaired) electrons. The fraction of sp³-hybridized carbons (Fsp3) is 0.375. The van der Waals surface area contributed by atoms with E-state index in [9.17, 15) is 9.18 Å². The molecular formula is C16H18FN3O2. The molecule has 0 saturated carbocycles. The van der Waals surface area contributed by atoms with Crippen LogP contribution in [0.5, 0.6) is 0 Å². The van der Waals surface area contributed by atoms with Crippen LogP contribution < -0.4 is 5.32 Å². The van der Waals surface area contributed by atoms with E-state index in [2.05, 4.69) is 15.5 Å². The molecular weight excluding hydrogens is 285 g/mol. The third-order valence-corrected chi connectivity index (χ3v) is 4.10. The van der Waals surface area contributed by atoms with Crippen LogP contribution in [0.3, 0.4) is 0 Å². The van der Waals surface area contributed by atoms with Gasteiger partial charge in [-0.2, -0.15) is 5.10 Å². The van der Waals surface area contributed by atoms with Crippen LogP contribution in [0.15, 0.2) is 30.6 Å². The van der Waals surface area contributed by atoms with Gasteiger partial charge in [-0.15, -0.1) is 0 Å². The first kappa shape index (κ1) is 14.7. The highest BCUT2D eigenvalue weighted by Crippen LogP contribution is 2.33. The largest absolute Gasteiger partial charge is 0.373 e. The normalized spacial score (nSPS) is 21.0. The second-order valence-corrected chi connectivity index (χ2v) is 5.49. The molecule has 1 aromatic heterocycles. The molecule has 1 fully saturated rings. The highest BCUT2D eigenvalue weighted by Gasteiger charge is 2.30. The van der Waals surface area contributed by atoms with Crippen LogP contribution in [0.25, 0.3) is 0 Å². The summed E-state index contributed by atoms with van der Waals surface area (Å²) in [6.07, 6.45) is 4.36. The average Bonchev–Trinajstić information content (AvgIpc) is 3.17. The molecule has 1 amide bonds. The van der Waals surface area contributed by atoms with Crippen LogP contribution in [0.4, 0.5) is 4.39 Å². The number of hydrogen-bond acceptors (Lipinski definition) is 3. The number of halogens is 1. The van der Waals surface area contributed by atoms with Crippen molar-refractivity contribution < 1.29 is 13.9 Å². The van der Waals surface area contributed by atoms with Gasteiger partial charge in [-0.1, -0.05) is 6.07 Å². The summed E-state index contributed by atoms with van der Waals surface area (Å²) < 4.78 is 19.2. The zero-order chi connectivity index (χ0) is 15.5. The van der Waals surface area contributed by atoms with E-state index in [0.29, 0.717) is 24.3 Å². The first-order valence-electron chi connectivity index (χ1n) is 7.30. The Morgan fingerprint density at radius 3 is 3.18 bits per heavy atom. The minimum Gasteiger partial charge on any atom is -0.373 e. The molecule has 0 spiro atoms. The van der Waals surface area contributed by atoms with Gasteiger partial charge in [0.15, 0.2) is 0 Å². The lowest BCUT2D eigenvalue weighted by Crippen LogP contribution is -2.31. The molecule has 2 N–H and O–H groups in total. The molecule has 116 valence electrons. The predicted molar refractivity (Wildman–Crippen MR) is 78.9 cm³/mol. The second-order valence-electron chi connectivity index (χ2n) is 5.49. The number of H-pyrrole nitrogens is 1. The van der Waals surface area contributed by atoms with Crippen LogP contribution in [-0.2, 0) is 4.74 Å². The first-order chi connectivity index (χ1) is 10.7. The standard InChI is InChI=1S/C16H18FN3O2/c1-10-13(3-2-4-14(10)17)16(21)18-7-11-5-6-22-15(11)12-8-19-20-9-12/h2-4,8-9,11,15H,5-7H2,1H3,(H,18,21)(H,19,20)/t11-,15+/m1/s1. The van der Waals surface area contributed by atoms with E-state index in [-0.39, 0.29) is 23.7 Å². The molecule has 0 bridgehead atoms. The maximum atomic E-state index is 13.5. The zero-order valence-electron chi connectivity index (χ0n) is 12.3. The summed E-state index contributed by atoms with van der Waals surface area (Å²) >= 11 is 0. The number of nitrogens with zero attached hydrogens (tertiary/aromatic N) is 1. The summed E-state index contributed by atoms with van der Waals surface area (Å²) in [4.78, 5) is 12.2. The van der Waals surface area contributed by atoms with Crippen molar-refractivity contribution in [1.82, 2.24) is 15.5 Å². The molecule has 0 aliphatic carbocycles. The number of nitrogens with one attached hydrogen (secondary N) is 2. The maximum Gasteiger partial charge on any atom is 0.251 e. The van der Waals surface area contributed by atoms with Gasteiger partial charge in [0.25, 0.3) is 5.91 Å². The van der Waals surface area contributed by atoms with E-state index in [0.717, 1.165) is 12.0 Å². The summed E-state index contributed by atoms with van der Waals surface area (Å²) in [5.74, 6) is -0.432. The third-order valence-electron chi connectivity index (χ3n) is 4.10. The number of aromatic nitrogens is 2. The lowest BCUT2D eigenvalue weighted by atomic mass is 9.97. The van der Waals surface area contributed by atoms with Gasteiger partial charge >= 0.3 is 0 Å².